The molecule has 0 aromatic heterocycles. The first-order valence-corrected chi connectivity index (χ1v) is 4.43. The number of azo groups is 1. The van der Waals surface area contributed by atoms with Gasteiger partial charge in [0.05, 0.1) is 5.69 Å². The highest BCUT2D eigenvalue weighted by Crippen LogP contribution is 2.18. The first-order chi connectivity index (χ1) is 6.59. The van der Waals surface area contributed by atoms with Crippen LogP contribution in [0.15, 0.2) is 34.5 Å². The molecule has 1 aromatic carbocycles. The molecule has 5 heteroatoms. The van der Waals surface area contributed by atoms with E-state index in [0.29, 0.717) is 10.7 Å². The summed E-state index contributed by atoms with van der Waals surface area (Å²) < 4.78 is 0. The van der Waals surface area contributed by atoms with E-state index in [1.807, 2.05) is 0 Å². The van der Waals surface area contributed by atoms with Crippen LogP contribution in [0.3, 0.4) is 0 Å². The van der Waals surface area contributed by atoms with E-state index in [1.54, 1.807) is 31.2 Å². The zero-order valence-electron chi connectivity index (χ0n) is 7.64. The number of primary amides is 1. The fraction of sp³-hybridized carbons (Fsp3) is 0.222. The third-order valence-corrected chi connectivity index (χ3v) is 1.80. The van der Waals surface area contributed by atoms with Gasteiger partial charge < -0.3 is 5.73 Å². The lowest BCUT2D eigenvalue weighted by Crippen LogP contribution is -2.23. The van der Waals surface area contributed by atoms with Crippen molar-refractivity contribution in [1.29, 1.82) is 0 Å². The van der Waals surface area contributed by atoms with Gasteiger partial charge in [-0.15, -0.1) is 0 Å². The van der Waals surface area contributed by atoms with Crippen LogP contribution in [-0.2, 0) is 4.79 Å². The fourth-order valence-electron chi connectivity index (χ4n) is 0.748. The van der Waals surface area contributed by atoms with E-state index in [9.17, 15) is 4.79 Å². The van der Waals surface area contributed by atoms with Crippen molar-refractivity contribution in [2.24, 2.45) is 16.0 Å². The van der Waals surface area contributed by atoms with E-state index in [0.717, 1.165) is 0 Å². The third kappa shape index (κ3) is 3.14. The van der Waals surface area contributed by atoms with Crippen LogP contribution in [0.5, 0.6) is 0 Å². The van der Waals surface area contributed by atoms with E-state index in [-0.39, 0.29) is 0 Å². The molecule has 74 valence electrons. The summed E-state index contributed by atoms with van der Waals surface area (Å²) in [6.07, 6.45) is 0. The number of hydrogen-bond acceptors (Lipinski definition) is 3. The maximum Gasteiger partial charge on any atom is 0.243 e. The predicted octanol–water partition coefficient (Wildman–Crippen LogP) is 2.30. The summed E-state index contributed by atoms with van der Waals surface area (Å²) in [6.45, 7) is 1.58. The molecule has 0 bridgehead atoms. The molecule has 0 spiro atoms. The summed E-state index contributed by atoms with van der Waals surface area (Å²) in [5.41, 5.74) is 5.61. The maximum absolute atomic E-state index is 10.6. The largest absolute Gasteiger partial charge is 0.368 e. The Morgan fingerprint density at radius 1 is 1.57 bits per heavy atom. The highest BCUT2D eigenvalue weighted by atomic mass is 35.5. The smallest absolute Gasteiger partial charge is 0.243 e. The number of carbonyl (C=O) groups excluding carboxylic acids is 1. The molecule has 1 atom stereocenters. The van der Waals surface area contributed by atoms with Gasteiger partial charge >= 0.3 is 0 Å². The van der Waals surface area contributed by atoms with Crippen molar-refractivity contribution in [2.75, 3.05) is 0 Å². The average molecular weight is 212 g/mol. The zero-order chi connectivity index (χ0) is 10.6. The minimum Gasteiger partial charge on any atom is -0.368 e. The standard InChI is InChI=1S/C9H10ClN3O/c1-6(9(11)14)12-13-8-4-2-3-7(10)5-8/h2-6H,1H3,(H2,11,14). The van der Waals surface area contributed by atoms with Crippen LogP contribution in [-0.4, -0.2) is 11.9 Å². The van der Waals surface area contributed by atoms with Crippen molar-refractivity contribution >= 4 is 23.2 Å². The van der Waals surface area contributed by atoms with E-state index in [1.165, 1.54) is 0 Å². The minimum absolute atomic E-state index is 0.504. The molecule has 0 fully saturated rings. The van der Waals surface area contributed by atoms with Gasteiger partial charge in [-0.1, -0.05) is 17.7 Å². The normalized spacial score (nSPS) is 13.0. The topological polar surface area (TPSA) is 67.8 Å². The van der Waals surface area contributed by atoms with Crippen LogP contribution < -0.4 is 5.73 Å². The number of hydrogen-bond donors (Lipinski definition) is 1. The van der Waals surface area contributed by atoms with E-state index < -0.39 is 11.9 Å². The van der Waals surface area contributed by atoms with Crippen LogP contribution in [0.4, 0.5) is 5.69 Å². The molecule has 0 aliphatic carbocycles. The Kier molecular flexibility index (Phi) is 3.59. The second kappa shape index (κ2) is 4.72. The Morgan fingerprint density at radius 2 is 2.29 bits per heavy atom. The van der Waals surface area contributed by atoms with Crippen molar-refractivity contribution < 1.29 is 4.79 Å². The molecular weight excluding hydrogens is 202 g/mol. The number of halogens is 1. The summed E-state index contributed by atoms with van der Waals surface area (Å²) in [5.74, 6) is -0.504. The lowest BCUT2D eigenvalue weighted by atomic mass is 10.3. The molecule has 0 aliphatic heterocycles. The Balaban J connectivity index is 2.73. The number of amides is 1. The molecule has 0 saturated carbocycles. The van der Waals surface area contributed by atoms with Crippen molar-refractivity contribution in [2.45, 2.75) is 13.0 Å². The summed E-state index contributed by atoms with van der Waals surface area (Å²) >= 11 is 5.73. The molecule has 4 nitrogen and oxygen atoms in total. The third-order valence-electron chi connectivity index (χ3n) is 1.57. The van der Waals surface area contributed by atoms with E-state index in [2.05, 4.69) is 10.2 Å². The summed E-state index contributed by atoms with van der Waals surface area (Å²) in [7, 11) is 0. The van der Waals surface area contributed by atoms with Crippen LogP contribution in [0.25, 0.3) is 0 Å². The van der Waals surface area contributed by atoms with Gasteiger partial charge in [-0.05, 0) is 25.1 Å². The lowest BCUT2D eigenvalue weighted by Gasteiger charge is -1.97. The maximum atomic E-state index is 10.6. The van der Waals surface area contributed by atoms with E-state index in [4.69, 9.17) is 17.3 Å². The second-order valence-electron chi connectivity index (χ2n) is 2.77. The van der Waals surface area contributed by atoms with Crippen LogP contribution >= 0.6 is 11.6 Å². The monoisotopic (exact) mass is 211 g/mol. The van der Waals surface area contributed by atoms with Crippen molar-refractivity contribution in [3.8, 4) is 0 Å². The molecule has 0 aliphatic rings. The summed E-state index contributed by atoms with van der Waals surface area (Å²) in [5, 5.41) is 8.13. The number of nitrogens with zero attached hydrogens (tertiary/aromatic N) is 2. The van der Waals surface area contributed by atoms with Gasteiger partial charge in [0, 0.05) is 5.02 Å². The molecular formula is C9H10ClN3O. The zero-order valence-corrected chi connectivity index (χ0v) is 8.40. The van der Waals surface area contributed by atoms with Crippen molar-refractivity contribution in [1.82, 2.24) is 0 Å². The molecule has 0 heterocycles. The Bertz CT molecular complexity index is 365. The number of benzene rings is 1. The van der Waals surface area contributed by atoms with Crippen molar-refractivity contribution in [3.05, 3.63) is 29.3 Å². The van der Waals surface area contributed by atoms with E-state index >= 15 is 0 Å². The molecule has 1 rings (SSSR count). The molecule has 0 saturated heterocycles. The molecule has 1 aromatic rings. The van der Waals surface area contributed by atoms with Gasteiger partial charge in [0.2, 0.25) is 5.91 Å². The average Bonchev–Trinajstić information content (AvgIpc) is 2.14. The Labute approximate surface area is 86.8 Å². The summed E-state index contributed by atoms with van der Waals surface area (Å²) in [4.78, 5) is 10.6. The van der Waals surface area contributed by atoms with Crippen molar-refractivity contribution in [3.63, 3.8) is 0 Å². The highest BCUT2D eigenvalue weighted by Gasteiger charge is 2.05. The SMILES string of the molecule is CC(N=Nc1cccc(Cl)c1)C(N)=O. The number of carbonyl (C=O) groups is 1. The molecule has 1 amide bonds. The molecule has 0 radical (unpaired) electrons. The lowest BCUT2D eigenvalue weighted by molar-refractivity contribution is -0.118. The van der Waals surface area contributed by atoms with Gasteiger partial charge in [-0.3, -0.25) is 4.79 Å². The quantitative estimate of drug-likeness (QED) is 0.766. The van der Waals surface area contributed by atoms with Crippen LogP contribution in [0, 0.1) is 0 Å². The molecule has 1 unspecified atom stereocenters. The minimum atomic E-state index is -0.617. The predicted molar refractivity (Wildman–Crippen MR) is 54.6 cm³/mol. The highest BCUT2D eigenvalue weighted by molar-refractivity contribution is 6.30. The van der Waals surface area contributed by atoms with Crippen LogP contribution in [0.1, 0.15) is 6.92 Å². The van der Waals surface area contributed by atoms with Gasteiger partial charge in [-0.25, -0.2) is 0 Å². The number of rotatable bonds is 3. The summed E-state index contributed by atoms with van der Waals surface area (Å²) in [6, 6.07) is 6.26. The molecule has 2 N–H and O–H groups in total. The molecule has 14 heavy (non-hydrogen) atoms. The Morgan fingerprint density at radius 3 is 2.86 bits per heavy atom. The van der Waals surface area contributed by atoms with Gasteiger partial charge in [0.25, 0.3) is 0 Å². The first kappa shape index (κ1) is 10.7. The van der Waals surface area contributed by atoms with Gasteiger partial charge in [-0.2, -0.15) is 10.2 Å². The fourth-order valence-corrected chi connectivity index (χ4v) is 0.933. The van der Waals surface area contributed by atoms with Gasteiger partial charge in [0.1, 0.15) is 6.04 Å². The van der Waals surface area contributed by atoms with Crippen LogP contribution in [0.2, 0.25) is 5.02 Å². The number of nitrogens with two attached hydrogens (primary N) is 1. The second-order valence-corrected chi connectivity index (χ2v) is 3.21. The first-order valence-electron chi connectivity index (χ1n) is 4.05. The van der Waals surface area contributed by atoms with Gasteiger partial charge in [0.15, 0.2) is 0 Å². The Hall–Kier alpha value is -1.42.